The summed E-state index contributed by atoms with van der Waals surface area (Å²) in [6.45, 7) is 6.59. The van der Waals surface area contributed by atoms with E-state index in [0.29, 0.717) is 5.02 Å². The zero-order chi connectivity index (χ0) is 17.9. The van der Waals surface area contributed by atoms with Crippen LogP contribution in [0, 0.1) is 0 Å². The van der Waals surface area contributed by atoms with Gasteiger partial charge in [0.25, 0.3) is 0 Å². The molecule has 5 heteroatoms. The maximum atomic E-state index is 6.20. The van der Waals surface area contributed by atoms with Crippen molar-refractivity contribution < 1.29 is 0 Å². The summed E-state index contributed by atoms with van der Waals surface area (Å²) in [5.41, 5.74) is 12.1. The van der Waals surface area contributed by atoms with Crippen molar-refractivity contribution >= 4 is 33.9 Å². The molecule has 3 aromatic rings. The highest BCUT2D eigenvalue weighted by atomic mass is 35.5. The van der Waals surface area contributed by atoms with Crippen LogP contribution in [0.4, 0.5) is 11.4 Å². The van der Waals surface area contributed by atoms with E-state index in [1.165, 1.54) is 5.56 Å². The van der Waals surface area contributed by atoms with Gasteiger partial charge in [-0.3, -0.25) is 15.3 Å². The van der Waals surface area contributed by atoms with Gasteiger partial charge in [0.05, 0.1) is 16.9 Å². The molecule has 0 bridgehead atoms. The average Bonchev–Trinajstić information content (AvgIpc) is 2.66. The quantitative estimate of drug-likeness (QED) is 0.500. The third kappa shape index (κ3) is 3.39. The van der Waals surface area contributed by atoms with Gasteiger partial charge >= 0.3 is 0 Å². The lowest BCUT2D eigenvalue weighted by molar-refractivity contribution is 0.280. The van der Waals surface area contributed by atoms with Gasteiger partial charge in [-0.1, -0.05) is 35.9 Å². The molecule has 0 amide bonds. The molecule has 1 aliphatic heterocycles. The second-order valence-electron chi connectivity index (χ2n) is 6.46. The van der Waals surface area contributed by atoms with Gasteiger partial charge < -0.3 is 5.43 Å². The van der Waals surface area contributed by atoms with Crippen LogP contribution in [0.5, 0.6) is 0 Å². The topological polar surface area (TPSA) is 40.2 Å². The van der Waals surface area contributed by atoms with Gasteiger partial charge in [-0.05, 0) is 30.3 Å². The molecule has 0 spiro atoms. The number of anilines is 2. The van der Waals surface area contributed by atoms with E-state index in [1.54, 1.807) is 0 Å². The highest BCUT2D eigenvalue weighted by Crippen LogP contribution is 2.33. The molecule has 1 aliphatic rings. The Balaban J connectivity index is 1.76. The van der Waals surface area contributed by atoms with Crippen LogP contribution in [0.1, 0.15) is 11.3 Å². The molecular formula is C21H21ClN4. The number of fused-ring (bicyclic) bond motifs is 2. The Morgan fingerprint density at radius 1 is 1.15 bits per heavy atom. The largest absolute Gasteiger partial charge is 0.301 e. The van der Waals surface area contributed by atoms with Crippen molar-refractivity contribution in [2.75, 3.05) is 23.9 Å². The summed E-state index contributed by atoms with van der Waals surface area (Å²) in [6.07, 6.45) is 2.88. The first-order valence-electron chi connectivity index (χ1n) is 8.76. The third-order valence-electron chi connectivity index (χ3n) is 4.67. The van der Waals surface area contributed by atoms with E-state index in [1.807, 2.05) is 54.6 Å². The number of halogens is 1. The fourth-order valence-corrected chi connectivity index (χ4v) is 3.58. The number of nitrogens with one attached hydrogen (secondary N) is 2. The van der Waals surface area contributed by atoms with Crippen molar-refractivity contribution in [1.29, 1.82) is 0 Å². The fraction of sp³-hybridized carbons (Fsp3) is 0.190. The first-order chi connectivity index (χ1) is 12.7. The highest BCUT2D eigenvalue weighted by Gasteiger charge is 2.22. The molecular weight excluding hydrogens is 344 g/mol. The van der Waals surface area contributed by atoms with Gasteiger partial charge in [-0.2, -0.15) is 0 Å². The van der Waals surface area contributed by atoms with E-state index >= 15 is 0 Å². The molecule has 0 unspecified atom stereocenters. The van der Waals surface area contributed by atoms with Gasteiger partial charge in [0.15, 0.2) is 0 Å². The Bertz CT molecular complexity index is 940. The number of aromatic nitrogens is 1. The second-order valence-corrected chi connectivity index (χ2v) is 6.90. The van der Waals surface area contributed by atoms with Gasteiger partial charge in [-0.15, -0.1) is 6.58 Å². The smallest absolute Gasteiger partial charge is 0.0741 e. The lowest BCUT2D eigenvalue weighted by Crippen LogP contribution is -2.32. The zero-order valence-corrected chi connectivity index (χ0v) is 15.3. The highest BCUT2D eigenvalue weighted by molar-refractivity contribution is 6.31. The summed E-state index contributed by atoms with van der Waals surface area (Å²) in [5.74, 6) is 0. The van der Waals surface area contributed by atoms with Crippen LogP contribution in [-0.4, -0.2) is 23.0 Å². The van der Waals surface area contributed by atoms with E-state index < -0.39 is 0 Å². The van der Waals surface area contributed by atoms with E-state index in [9.17, 15) is 0 Å². The number of hydrazine groups is 1. The van der Waals surface area contributed by atoms with Crippen LogP contribution in [0.15, 0.2) is 61.2 Å². The van der Waals surface area contributed by atoms with Crippen LogP contribution in [0.3, 0.4) is 0 Å². The van der Waals surface area contributed by atoms with Crippen LogP contribution in [0.2, 0.25) is 5.02 Å². The number of para-hydroxylation sites is 1. The van der Waals surface area contributed by atoms with Gasteiger partial charge in [0.1, 0.15) is 0 Å². The normalized spacial score (nSPS) is 14.0. The maximum absolute atomic E-state index is 6.20. The molecule has 0 saturated heterocycles. The van der Waals surface area contributed by atoms with Crippen molar-refractivity contribution in [3.8, 4) is 0 Å². The van der Waals surface area contributed by atoms with E-state index in [0.717, 1.165) is 54.0 Å². The molecule has 132 valence electrons. The first-order valence-corrected chi connectivity index (χ1v) is 9.14. The molecule has 0 saturated carbocycles. The second kappa shape index (κ2) is 7.36. The van der Waals surface area contributed by atoms with Crippen LogP contribution < -0.4 is 10.9 Å². The molecule has 0 radical (unpaired) electrons. The lowest BCUT2D eigenvalue weighted by atomic mass is 10.00. The summed E-state index contributed by atoms with van der Waals surface area (Å²) in [5, 5.41) is 1.77. The minimum absolute atomic E-state index is 0.705. The van der Waals surface area contributed by atoms with Crippen LogP contribution in [-0.2, 0) is 13.0 Å². The standard InChI is InChI=1S/C21H21ClN4/c1-2-11-26-12-10-19-18(14-26)21(25-24-16-6-4-3-5-7-16)17-9-8-15(22)13-20(17)23-19/h2-9,13,24H,1,10-12,14H2,(H,23,25). The Hall–Kier alpha value is -2.56. The minimum Gasteiger partial charge on any atom is -0.301 e. The summed E-state index contributed by atoms with van der Waals surface area (Å²) < 4.78 is 0. The summed E-state index contributed by atoms with van der Waals surface area (Å²) >= 11 is 6.20. The van der Waals surface area contributed by atoms with Crippen molar-refractivity contribution in [3.63, 3.8) is 0 Å². The number of hydrogen-bond donors (Lipinski definition) is 2. The monoisotopic (exact) mass is 364 g/mol. The number of rotatable bonds is 5. The Kier molecular flexibility index (Phi) is 4.78. The number of hydrogen-bond acceptors (Lipinski definition) is 4. The van der Waals surface area contributed by atoms with Crippen molar-refractivity contribution in [1.82, 2.24) is 9.88 Å². The van der Waals surface area contributed by atoms with Crippen LogP contribution >= 0.6 is 11.6 Å². The SMILES string of the molecule is C=CCN1CCc2nc3cc(Cl)ccc3c(NNc3ccccc3)c2C1. The Labute approximate surface area is 158 Å². The maximum Gasteiger partial charge on any atom is 0.0741 e. The number of benzene rings is 2. The molecule has 0 atom stereocenters. The van der Waals surface area contributed by atoms with E-state index in [-0.39, 0.29) is 0 Å². The molecule has 2 N–H and O–H groups in total. The van der Waals surface area contributed by atoms with Gasteiger partial charge in [0, 0.05) is 47.7 Å². The predicted octanol–water partition coefficient (Wildman–Crippen LogP) is 4.87. The molecule has 1 aromatic heterocycles. The molecule has 2 aromatic carbocycles. The van der Waals surface area contributed by atoms with Crippen molar-refractivity contribution in [2.45, 2.75) is 13.0 Å². The Morgan fingerprint density at radius 3 is 2.81 bits per heavy atom. The summed E-state index contributed by atoms with van der Waals surface area (Å²) in [4.78, 5) is 7.26. The molecule has 4 nitrogen and oxygen atoms in total. The summed E-state index contributed by atoms with van der Waals surface area (Å²) in [7, 11) is 0. The third-order valence-corrected chi connectivity index (χ3v) is 4.91. The first kappa shape index (κ1) is 16.9. The van der Waals surface area contributed by atoms with E-state index in [4.69, 9.17) is 16.6 Å². The molecule has 0 aliphatic carbocycles. The van der Waals surface area contributed by atoms with E-state index in [2.05, 4.69) is 22.3 Å². The summed E-state index contributed by atoms with van der Waals surface area (Å²) in [6, 6.07) is 16.0. The Morgan fingerprint density at radius 2 is 2.00 bits per heavy atom. The predicted molar refractivity (Wildman–Crippen MR) is 110 cm³/mol. The van der Waals surface area contributed by atoms with Crippen LogP contribution in [0.25, 0.3) is 10.9 Å². The minimum atomic E-state index is 0.705. The number of pyridine rings is 1. The van der Waals surface area contributed by atoms with Gasteiger partial charge in [-0.25, -0.2) is 0 Å². The fourth-order valence-electron chi connectivity index (χ4n) is 3.41. The number of nitrogens with zero attached hydrogens (tertiary/aromatic N) is 2. The molecule has 4 rings (SSSR count). The molecule has 26 heavy (non-hydrogen) atoms. The zero-order valence-electron chi connectivity index (χ0n) is 14.5. The van der Waals surface area contributed by atoms with Crippen molar-refractivity contribution in [3.05, 3.63) is 77.5 Å². The molecule has 0 fully saturated rings. The van der Waals surface area contributed by atoms with Gasteiger partial charge in [0.2, 0.25) is 0 Å². The average molecular weight is 365 g/mol. The molecule has 2 heterocycles. The lowest BCUT2D eigenvalue weighted by Gasteiger charge is -2.30. The van der Waals surface area contributed by atoms with Crippen molar-refractivity contribution in [2.24, 2.45) is 0 Å².